The number of halogens is 1. The number of hydrogen-bond donors (Lipinski definition) is 2. The summed E-state index contributed by atoms with van der Waals surface area (Å²) >= 11 is 7.57. The van der Waals surface area contributed by atoms with E-state index < -0.39 is 12.6 Å². The standard InChI is InChI=1S/C15H14ClNO4S/c1-8-5-11(9(2)22-8)15(20)17-10-3-4-13(12(16)6-10)21-7-14(18)19/h3-6H,7H2,1-2H3,(H,17,20)(H,18,19). The second-order valence-corrected chi connectivity index (χ2v) is 6.48. The number of aliphatic carboxylic acids is 1. The van der Waals surface area contributed by atoms with Gasteiger partial charge in [0.05, 0.1) is 10.6 Å². The maximum absolute atomic E-state index is 12.2. The number of nitrogens with one attached hydrogen (secondary N) is 1. The van der Waals surface area contributed by atoms with E-state index >= 15 is 0 Å². The lowest BCUT2D eigenvalue weighted by atomic mass is 10.2. The molecule has 0 aliphatic heterocycles. The van der Waals surface area contributed by atoms with Crippen LogP contribution in [0, 0.1) is 13.8 Å². The highest BCUT2D eigenvalue weighted by atomic mass is 35.5. The van der Waals surface area contributed by atoms with Crippen molar-refractivity contribution in [2.75, 3.05) is 11.9 Å². The van der Waals surface area contributed by atoms with Gasteiger partial charge in [0.1, 0.15) is 5.75 Å². The first kappa shape index (κ1) is 16.3. The molecule has 1 aromatic carbocycles. The third kappa shape index (κ3) is 3.99. The highest BCUT2D eigenvalue weighted by Gasteiger charge is 2.13. The SMILES string of the molecule is Cc1cc(C(=O)Nc2ccc(OCC(=O)O)c(Cl)c2)c(C)s1. The molecule has 116 valence electrons. The fourth-order valence-corrected chi connectivity index (χ4v) is 3.05. The van der Waals surface area contributed by atoms with Crippen molar-refractivity contribution < 1.29 is 19.4 Å². The van der Waals surface area contributed by atoms with Gasteiger partial charge >= 0.3 is 5.97 Å². The molecule has 1 aromatic heterocycles. The Hall–Kier alpha value is -2.05. The van der Waals surface area contributed by atoms with Gasteiger partial charge in [0.25, 0.3) is 5.91 Å². The van der Waals surface area contributed by atoms with E-state index in [1.807, 2.05) is 19.9 Å². The van der Waals surface area contributed by atoms with E-state index in [2.05, 4.69) is 5.32 Å². The number of thiophene rings is 1. The minimum atomic E-state index is -1.09. The number of carbonyl (C=O) groups is 2. The highest BCUT2D eigenvalue weighted by Crippen LogP contribution is 2.28. The Kier molecular flexibility index (Phi) is 5.05. The number of amides is 1. The lowest BCUT2D eigenvalue weighted by Gasteiger charge is -2.09. The van der Waals surface area contributed by atoms with Crippen molar-refractivity contribution in [3.63, 3.8) is 0 Å². The predicted molar refractivity (Wildman–Crippen MR) is 86.3 cm³/mol. The maximum atomic E-state index is 12.2. The zero-order valence-corrected chi connectivity index (χ0v) is 13.5. The van der Waals surface area contributed by atoms with Crippen molar-refractivity contribution >= 4 is 40.5 Å². The molecule has 0 aliphatic carbocycles. The first-order chi connectivity index (χ1) is 10.4. The number of hydrogen-bond acceptors (Lipinski definition) is 4. The number of carbonyl (C=O) groups excluding carboxylic acids is 1. The number of benzene rings is 1. The van der Waals surface area contributed by atoms with Crippen LogP contribution in [0.5, 0.6) is 5.75 Å². The molecule has 0 radical (unpaired) electrons. The third-order valence-electron chi connectivity index (χ3n) is 2.83. The molecule has 0 atom stereocenters. The minimum absolute atomic E-state index is 0.211. The Morgan fingerprint density at radius 3 is 2.59 bits per heavy atom. The summed E-state index contributed by atoms with van der Waals surface area (Å²) in [7, 11) is 0. The van der Waals surface area contributed by atoms with Crippen molar-refractivity contribution in [3.05, 3.63) is 44.6 Å². The molecule has 5 nitrogen and oxygen atoms in total. The summed E-state index contributed by atoms with van der Waals surface area (Å²) in [6.45, 7) is 3.36. The largest absolute Gasteiger partial charge is 0.480 e. The summed E-state index contributed by atoms with van der Waals surface area (Å²) in [6.07, 6.45) is 0. The molecule has 2 aromatic rings. The van der Waals surface area contributed by atoms with E-state index in [0.29, 0.717) is 11.3 Å². The van der Waals surface area contributed by atoms with E-state index in [0.717, 1.165) is 9.75 Å². The summed E-state index contributed by atoms with van der Waals surface area (Å²) in [5.41, 5.74) is 1.14. The van der Waals surface area contributed by atoms with Crippen LogP contribution >= 0.6 is 22.9 Å². The summed E-state index contributed by atoms with van der Waals surface area (Å²) in [4.78, 5) is 24.7. The molecule has 2 rings (SSSR count). The summed E-state index contributed by atoms with van der Waals surface area (Å²) in [5, 5.41) is 11.6. The summed E-state index contributed by atoms with van der Waals surface area (Å²) < 4.78 is 5.02. The molecule has 2 N–H and O–H groups in total. The number of anilines is 1. The molecule has 7 heteroatoms. The topological polar surface area (TPSA) is 75.6 Å². The van der Waals surface area contributed by atoms with Crippen LogP contribution in [0.4, 0.5) is 5.69 Å². The molecule has 1 heterocycles. The highest BCUT2D eigenvalue weighted by molar-refractivity contribution is 7.12. The zero-order chi connectivity index (χ0) is 16.3. The summed E-state index contributed by atoms with van der Waals surface area (Å²) in [6, 6.07) is 6.48. The van der Waals surface area contributed by atoms with E-state index in [4.69, 9.17) is 21.4 Å². The molecular formula is C15H14ClNO4S. The molecule has 0 unspecified atom stereocenters. The predicted octanol–water partition coefficient (Wildman–Crippen LogP) is 3.73. The Bertz CT molecular complexity index is 726. The average Bonchev–Trinajstić information content (AvgIpc) is 2.76. The van der Waals surface area contributed by atoms with Gasteiger partial charge in [0.15, 0.2) is 6.61 Å². The van der Waals surface area contributed by atoms with Crippen LogP contribution in [0.1, 0.15) is 20.1 Å². The van der Waals surface area contributed by atoms with Crippen LogP contribution in [-0.4, -0.2) is 23.6 Å². The number of rotatable bonds is 5. The van der Waals surface area contributed by atoms with Crippen molar-refractivity contribution in [1.82, 2.24) is 0 Å². The quantitative estimate of drug-likeness (QED) is 0.870. The lowest BCUT2D eigenvalue weighted by molar-refractivity contribution is -0.139. The van der Waals surface area contributed by atoms with Crippen molar-refractivity contribution in [2.45, 2.75) is 13.8 Å². The fourth-order valence-electron chi connectivity index (χ4n) is 1.89. The second kappa shape index (κ2) is 6.81. The monoisotopic (exact) mass is 339 g/mol. The number of aryl methyl sites for hydroxylation is 2. The zero-order valence-electron chi connectivity index (χ0n) is 12.0. The van der Waals surface area contributed by atoms with Gasteiger partial charge in [-0.2, -0.15) is 0 Å². The molecule has 0 aliphatic rings. The van der Waals surface area contributed by atoms with Crippen LogP contribution in [-0.2, 0) is 4.79 Å². The molecule has 0 fully saturated rings. The van der Waals surface area contributed by atoms with Crippen molar-refractivity contribution in [1.29, 1.82) is 0 Å². The van der Waals surface area contributed by atoms with E-state index in [1.54, 1.807) is 17.4 Å². The summed E-state index contributed by atoms with van der Waals surface area (Å²) in [5.74, 6) is -1.04. The minimum Gasteiger partial charge on any atom is -0.480 e. The fraction of sp³-hybridized carbons (Fsp3) is 0.200. The number of carboxylic acid groups (broad SMARTS) is 1. The van der Waals surface area contributed by atoms with Crippen LogP contribution in [0.3, 0.4) is 0 Å². The van der Waals surface area contributed by atoms with Gasteiger partial charge in [0, 0.05) is 15.4 Å². The normalized spacial score (nSPS) is 10.3. The molecule has 0 saturated carbocycles. The van der Waals surface area contributed by atoms with Crippen molar-refractivity contribution in [3.8, 4) is 5.75 Å². The Morgan fingerprint density at radius 1 is 1.32 bits per heavy atom. The average molecular weight is 340 g/mol. The van der Waals surface area contributed by atoms with Gasteiger partial charge in [-0.3, -0.25) is 4.79 Å². The van der Waals surface area contributed by atoms with Gasteiger partial charge in [-0.15, -0.1) is 11.3 Å². The molecule has 0 saturated heterocycles. The number of carboxylic acids is 1. The van der Waals surface area contributed by atoms with Gasteiger partial charge < -0.3 is 15.2 Å². The van der Waals surface area contributed by atoms with Gasteiger partial charge in [-0.1, -0.05) is 11.6 Å². The van der Waals surface area contributed by atoms with E-state index in [9.17, 15) is 9.59 Å². The smallest absolute Gasteiger partial charge is 0.341 e. The van der Waals surface area contributed by atoms with E-state index in [1.165, 1.54) is 12.1 Å². The molecular weight excluding hydrogens is 326 g/mol. The Labute approximate surface area is 136 Å². The Morgan fingerprint density at radius 2 is 2.05 bits per heavy atom. The molecule has 0 spiro atoms. The van der Waals surface area contributed by atoms with Gasteiger partial charge in [0.2, 0.25) is 0 Å². The van der Waals surface area contributed by atoms with Crippen LogP contribution in [0.15, 0.2) is 24.3 Å². The Balaban J connectivity index is 2.10. The van der Waals surface area contributed by atoms with Crippen molar-refractivity contribution in [2.24, 2.45) is 0 Å². The second-order valence-electron chi connectivity index (χ2n) is 4.61. The first-order valence-corrected chi connectivity index (χ1v) is 7.59. The maximum Gasteiger partial charge on any atom is 0.341 e. The first-order valence-electron chi connectivity index (χ1n) is 6.39. The van der Waals surface area contributed by atoms with E-state index in [-0.39, 0.29) is 16.7 Å². The van der Waals surface area contributed by atoms with Crippen LogP contribution in [0.25, 0.3) is 0 Å². The number of ether oxygens (including phenoxy) is 1. The van der Waals surface area contributed by atoms with Gasteiger partial charge in [-0.25, -0.2) is 4.79 Å². The molecule has 0 bridgehead atoms. The van der Waals surface area contributed by atoms with Gasteiger partial charge in [-0.05, 0) is 38.1 Å². The third-order valence-corrected chi connectivity index (χ3v) is 4.09. The molecule has 1 amide bonds. The lowest BCUT2D eigenvalue weighted by Crippen LogP contribution is -2.12. The van der Waals surface area contributed by atoms with Crippen LogP contribution in [0.2, 0.25) is 5.02 Å². The van der Waals surface area contributed by atoms with Crippen LogP contribution < -0.4 is 10.1 Å². The molecule has 22 heavy (non-hydrogen) atoms.